The molecule has 6 heteroatoms. The van der Waals surface area contributed by atoms with Gasteiger partial charge < -0.3 is 10.1 Å². The van der Waals surface area contributed by atoms with Crippen LogP contribution in [0.2, 0.25) is 5.02 Å². The number of carbonyl (C=O) groups is 2. The monoisotopic (exact) mass is 335 g/mol. The van der Waals surface area contributed by atoms with Crippen LogP contribution >= 0.6 is 11.6 Å². The maximum absolute atomic E-state index is 13.5. The van der Waals surface area contributed by atoms with Gasteiger partial charge in [0.05, 0.1) is 5.56 Å². The number of anilines is 1. The van der Waals surface area contributed by atoms with Crippen LogP contribution in [0, 0.1) is 12.7 Å². The molecule has 120 valence electrons. The second-order valence-corrected chi connectivity index (χ2v) is 5.45. The molecule has 2 rings (SSSR count). The Labute approximate surface area is 138 Å². The van der Waals surface area contributed by atoms with Crippen LogP contribution in [0.3, 0.4) is 0 Å². The molecule has 0 aliphatic rings. The minimum Gasteiger partial charge on any atom is -0.449 e. The van der Waals surface area contributed by atoms with Crippen LogP contribution in [-0.2, 0) is 9.53 Å². The van der Waals surface area contributed by atoms with Crippen molar-refractivity contribution in [2.75, 3.05) is 5.32 Å². The lowest BCUT2D eigenvalue weighted by Crippen LogP contribution is -2.30. The Kier molecular flexibility index (Phi) is 5.34. The van der Waals surface area contributed by atoms with Crippen molar-refractivity contribution in [3.8, 4) is 0 Å². The molecule has 0 aromatic heterocycles. The van der Waals surface area contributed by atoms with E-state index >= 15 is 0 Å². The lowest BCUT2D eigenvalue weighted by Gasteiger charge is -2.14. The quantitative estimate of drug-likeness (QED) is 0.860. The minimum atomic E-state index is -1.04. The van der Waals surface area contributed by atoms with Gasteiger partial charge in [-0.3, -0.25) is 4.79 Å². The number of benzene rings is 2. The number of esters is 1. The molecule has 4 nitrogen and oxygen atoms in total. The third kappa shape index (κ3) is 4.53. The molecule has 0 saturated carbocycles. The van der Waals surface area contributed by atoms with Gasteiger partial charge in [0, 0.05) is 10.7 Å². The summed E-state index contributed by atoms with van der Waals surface area (Å²) in [6.07, 6.45) is -1.04. The highest BCUT2D eigenvalue weighted by Gasteiger charge is 2.19. The van der Waals surface area contributed by atoms with Crippen molar-refractivity contribution >= 4 is 29.2 Å². The minimum absolute atomic E-state index is 0.0514. The van der Waals surface area contributed by atoms with Crippen molar-refractivity contribution in [2.24, 2.45) is 0 Å². The lowest BCUT2D eigenvalue weighted by atomic mass is 10.1. The Morgan fingerprint density at radius 3 is 2.61 bits per heavy atom. The Balaban J connectivity index is 2.00. The van der Waals surface area contributed by atoms with Crippen molar-refractivity contribution in [1.82, 2.24) is 0 Å². The maximum atomic E-state index is 13.5. The summed E-state index contributed by atoms with van der Waals surface area (Å²) in [5, 5.41) is 3.06. The highest BCUT2D eigenvalue weighted by Crippen LogP contribution is 2.16. The zero-order valence-electron chi connectivity index (χ0n) is 12.6. The molecule has 0 aliphatic heterocycles. The molecule has 0 radical (unpaired) electrons. The summed E-state index contributed by atoms with van der Waals surface area (Å²) < 4.78 is 18.5. The van der Waals surface area contributed by atoms with E-state index in [4.69, 9.17) is 16.3 Å². The number of nitrogens with one attached hydrogen (secondary N) is 1. The average molecular weight is 336 g/mol. The smallest absolute Gasteiger partial charge is 0.339 e. The van der Waals surface area contributed by atoms with E-state index in [0.717, 1.165) is 6.07 Å². The average Bonchev–Trinajstić information content (AvgIpc) is 2.49. The molecule has 0 aliphatic carbocycles. The third-order valence-corrected chi connectivity index (χ3v) is 3.39. The van der Waals surface area contributed by atoms with Crippen LogP contribution in [0.4, 0.5) is 10.1 Å². The molecule has 0 saturated heterocycles. The van der Waals surface area contributed by atoms with Crippen LogP contribution in [0.25, 0.3) is 0 Å². The fraction of sp³-hybridized carbons (Fsp3) is 0.176. The molecule has 0 unspecified atom stereocenters. The SMILES string of the molecule is Cc1ccc(C(=O)O[C@@H](C)C(=O)Nc2cccc(Cl)c2)cc1F. The number of rotatable bonds is 4. The van der Waals surface area contributed by atoms with Crippen LogP contribution < -0.4 is 5.32 Å². The van der Waals surface area contributed by atoms with Gasteiger partial charge >= 0.3 is 5.97 Å². The van der Waals surface area contributed by atoms with Gasteiger partial charge in [0.15, 0.2) is 6.10 Å². The van der Waals surface area contributed by atoms with Crippen LogP contribution in [-0.4, -0.2) is 18.0 Å². The predicted octanol–water partition coefficient (Wildman–Crippen LogP) is 3.97. The van der Waals surface area contributed by atoms with Gasteiger partial charge in [0.2, 0.25) is 0 Å². The lowest BCUT2D eigenvalue weighted by molar-refractivity contribution is -0.123. The van der Waals surface area contributed by atoms with Gasteiger partial charge in [-0.05, 0) is 49.7 Å². The molecule has 1 atom stereocenters. The first kappa shape index (κ1) is 17.0. The van der Waals surface area contributed by atoms with Crippen molar-refractivity contribution in [3.05, 3.63) is 64.4 Å². The first-order valence-corrected chi connectivity index (χ1v) is 7.28. The fourth-order valence-corrected chi connectivity index (χ4v) is 2.00. The van der Waals surface area contributed by atoms with Crippen molar-refractivity contribution in [3.63, 3.8) is 0 Å². The Hall–Kier alpha value is -2.40. The summed E-state index contributed by atoms with van der Waals surface area (Å²) in [6.45, 7) is 3.02. The largest absolute Gasteiger partial charge is 0.449 e. The number of ether oxygens (including phenoxy) is 1. The van der Waals surface area contributed by atoms with E-state index < -0.39 is 23.8 Å². The first-order valence-electron chi connectivity index (χ1n) is 6.90. The molecule has 1 N–H and O–H groups in total. The standard InChI is InChI=1S/C17H15ClFNO3/c1-10-6-7-12(8-15(10)19)17(22)23-11(2)16(21)20-14-5-3-4-13(18)9-14/h3-9,11H,1-2H3,(H,20,21)/t11-/m0/s1. The van der Waals surface area contributed by atoms with Gasteiger partial charge in [-0.25, -0.2) is 9.18 Å². The summed E-state index contributed by atoms with van der Waals surface area (Å²) in [7, 11) is 0. The highest BCUT2D eigenvalue weighted by molar-refractivity contribution is 6.30. The predicted molar refractivity (Wildman–Crippen MR) is 86.1 cm³/mol. The molecule has 0 fully saturated rings. The molecule has 23 heavy (non-hydrogen) atoms. The van der Waals surface area contributed by atoms with Crippen molar-refractivity contribution in [1.29, 1.82) is 0 Å². The van der Waals surface area contributed by atoms with E-state index in [9.17, 15) is 14.0 Å². The van der Waals surface area contributed by atoms with E-state index in [1.54, 1.807) is 31.2 Å². The molecule has 2 aromatic rings. The molecule has 1 amide bonds. The Bertz CT molecular complexity index is 748. The van der Waals surface area contributed by atoms with Crippen molar-refractivity contribution in [2.45, 2.75) is 20.0 Å². The third-order valence-electron chi connectivity index (χ3n) is 3.15. The topological polar surface area (TPSA) is 55.4 Å². The van der Waals surface area contributed by atoms with Crippen LogP contribution in [0.15, 0.2) is 42.5 Å². The number of halogens is 2. The second kappa shape index (κ2) is 7.24. The molecule has 0 heterocycles. The number of aryl methyl sites for hydroxylation is 1. The van der Waals surface area contributed by atoms with Crippen LogP contribution in [0.5, 0.6) is 0 Å². The van der Waals surface area contributed by atoms with Gasteiger partial charge in [-0.1, -0.05) is 23.7 Å². The van der Waals surface area contributed by atoms with E-state index in [-0.39, 0.29) is 5.56 Å². The molecule has 0 bridgehead atoms. The van der Waals surface area contributed by atoms with E-state index in [2.05, 4.69) is 5.32 Å². The number of hydrogen-bond acceptors (Lipinski definition) is 3. The maximum Gasteiger partial charge on any atom is 0.339 e. The molecular formula is C17H15ClFNO3. The Morgan fingerprint density at radius 2 is 1.96 bits per heavy atom. The number of hydrogen-bond donors (Lipinski definition) is 1. The van der Waals surface area contributed by atoms with Gasteiger partial charge in [0.25, 0.3) is 5.91 Å². The van der Waals surface area contributed by atoms with E-state index in [0.29, 0.717) is 16.3 Å². The fourth-order valence-electron chi connectivity index (χ4n) is 1.81. The zero-order chi connectivity index (χ0) is 17.0. The molecular weight excluding hydrogens is 321 g/mol. The number of amides is 1. The summed E-state index contributed by atoms with van der Waals surface area (Å²) >= 11 is 5.83. The summed E-state index contributed by atoms with van der Waals surface area (Å²) in [5.41, 5.74) is 0.968. The summed E-state index contributed by atoms with van der Waals surface area (Å²) in [6, 6.07) is 10.6. The zero-order valence-corrected chi connectivity index (χ0v) is 13.4. The van der Waals surface area contributed by atoms with Gasteiger partial charge in [-0.2, -0.15) is 0 Å². The Morgan fingerprint density at radius 1 is 1.22 bits per heavy atom. The van der Waals surface area contributed by atoms with Gasteiger partial charge in [-0.15, -0.1) is 0 Å². The van der Waals surface area contributed by atoms with E-state index in [1.807, 2.05) is 0 Å². The molecule has 2 aromatic carbocycles. The summed E-state index contributed by atoms with van der Waals surface area (Å²) in [5.74, 6) is -1.78. The highest BCUT2D eigenvalue weighted by atomic mass is 35.5. The normalized spacial score (nSPS) is 11.7. The van der Waals surface area contributed by atoms with Crippen LogP contribution in [0.1, 0.15) is 22.8 Å². The second-order valence-electron chi connectivity index (χ2n) is 5.01. The van der Waals surface area contributed by atoms with E-state index in [1.165, 1.54) is 19.1 Å². The summed E-state index contributed by atoms with van der Waals surface area (Å²) in [4.78, 5) is 23.9. The van der Waals surface area contributed by atoms with Gasteiger partial charge in [0.1, 0.15) is 5.82 Å². The number of carbonyl (C=O) groups excluding carboxylic acids is 2. The van der Waals surface area contributed by atoms with Crippen molar-refractivity contribution < 1.29 is 18.7 Å². The first-order chi connectivity index (χ1) is 10.9. The molecule has 0 spiro atoms.